The third-order valence-electron chi connectivity index (χ3n) is 2.87. The summed E-state index contributed by atoms with van der Waals surface area (Å²) in [4.78, 5) is 11.4. The summed E-state index contributed by atoms with van der Waals surface area (Å²) in [5, 5.41) is 2.72. The van der Waals surface area contributed by atoms with Crippen LogP contribution < -0.4 is 11.1 Å². The molecule has 0 aliphatic heterocycles. The van der Waals surface area contributed by atoms with E-state index in [9.17, 15) is 18.0 Å². The van der Waals surface area contributed by atoms with Crippen LogP contribution in [0.4, 0.5) is 13.2 Å². The molecule has 1 saturated carbocycles. The molecule has 0 bridgehead atoms. The molecule has 4 nitrogen and oxygen atoms in total. The summed E-state index contributed by atoms with van der Waals surface area (Å²) >= 11 is 0. The number of nitrogens with two attached hydrogens (primary N) is 1. The third-order valence-corrected chi connectivity index (χ3v) is 2.87. The molecule has 1 fully saturated rings. The van der Waals surface area contributed by atoms with Gasteiger partial charge in [-0.25, -0.2) is 0 Å². The third kappa shape index (κ3) is 5.68. The van der Waals surface area contributed by atoms with Crippen molar-refractivity contribution in [1.29, 1.82) is 0 Å². The van der Waals surface area contributed by atoms with Gasteiger partial charge in [0.05, 0.1) is 12.1 Å². The van der Waals surface area contributed by atoms with Gasteiger partial charge in [-0.3, -0.25) is 4.79 Å². The van der Waals surface area contributed by atoms with Crippen LogP contribution in [0, 0.1) is 0 Å². The van der Waals surface area contributed by atoms with Crippen LogP contribution in [-0.2, 0) is 9.53 Å². The van der Waals surface area contributed by atoms with Crippen molar-refractivity contribution in [3.05, 3.63) is 0 Å². The maximum absolute atomic E-state index is 12.0. The highest BCUT2D eigenvalue weighted by molar-refractivity contribution is 5.81. The quantitative estimate of drug-likeness (QED) is 0.808. The molecule has 0 saturated heterocycles. The average Bonchev–Trinajstić information content (AvgIpc) is 2.26. The Morgan fingerprint density at radius 1 is 1.50 bits per heavy atom. The lowest BCUT2D eigenvalue weighted by Crippen LogP contribution is -2.46. The Labute approximate surface area is 104 Å². The highest BCUT2D eigenvalue weighted by atomic mass is 19.4. The molecule has 7 heteroatoms. The van der Waals surface area contributed by atoms with E-state index in [2.05, 4.69) is 5.32 Å². The largest absolute Gasteiger partial charge is 0.411 e. The van der Waals surface area contributed by atoms with Gasteiger partial charge in [-0.15, -0.1) is 0 Å². The Kier molecular flexibility index (Phi) is 5.40. The molecule has 0 aromatic heterocycles. The fraction of sp³-hybridized carbons (Fsp3) is 0.909. The molecule has 0 heterocycles. The van der Waals surface area contributed by atoms with Crippen LogP contribution >= 0.6 is 0 Å². The predicted molar refractivity (Wildman–Crippen MR) is 59.8 cm³/mol. The molecule has 0 spiro atoms. The van der Waals surface area contributed by atoms with Crippen LogP contribution in [-0.4, -0.2) is 36.9 Å². The zero-order valence-corrected chi connectivity index (χ0v) is 10.3. The van der Waals surface area contributed by atoms with E-state index in [-0.39, 0.29) is 11.9 Å². The summed E-state index contributed by atoms with van der Waals surface area (Å²) in [5.74, 6) is -0.281. The molecule has 0 aromatic rings. The first-order chi connectivity index (χ1) is 8.28. The SMILES string of the molecule is C[C@H](N)C(=O)NC1CCCC(OCC(F)(F)F)C1. The first-order valence-corrected chi connectivity index (χ1v) is 6.02. The molecule has 106 valence electrons. The molecule has 1 amide bonds. The molecule has 1 aliphatic carbocycles. The van der Waals surface area contributed by atoms with Crippen molar-refractivity contribution in [2.75, 3.05) is 6.61 Å². The zero-order chi connectivity index (χ0) is 13.8. The molecule has 3 atom stereocenters. The smallest absolute Gasteiger partial charge is 0.369 e. The first-order valence-electron chi connectivity index (χ1n) is 6.02. The molecule has 3 N–H and O–H groups in total. The van der Waals surface area contributed by atoms with Gasteiger partial charge in [0.25, 0.3) is 0 Å². The van der Waals surface area contributed by atoms with E-state index in [1.165, 1.54) is 0 Å². The maximum atomic E-state index is 12.0. The van der Waals surface area contributed by atoms with E-state index in [0.717, 1.165) is 12.8 Å². The fourth-order valence-corrected chi connectivity index (χ4v) is 1.97. The molecule has 0 aromatic carbocycles. The monoisotopic (exact) mass is 268 g/mol. The van der Waals surface area contributed by atoms with Gasteiger partial charge in [-0.05, 0) is 32.6 Å². The predicted octanol–water partition coefficient (Wildman–Crippen LogP) is 1.34. The average molecular weight is 268 g/mol. The summed E-state index contributed by atoms with van der Waals surface area (Å²) < 4.78 is 40.8. The van der Waals surface area contributed by atoms with E-state index in [4.69, 9.17) is 10.5 Å². The molecule has 1 aliphatic rings. The van der Waals surface area contributed by atoms with E-state index < -0.39 is 24.9 Å². The van der Waals surface area contributed by atoms with Crippen LogP contribution in [0.3, 0.4) is 0 Å². The summed E-state index contributed by atoms with van der Waals surface area (Å²) in [6.45, 7) is 0.335. The number of hydrogen-bond acceptors (Lipinski definition) is 3. The fourth-order valence-electron chi connectivity index (χ4n) is 1.97. The van der Waals surface area contributed by atoms with Gasteiger partial charge < -0.3 is 15.8 Å². The van der Waals surface area contributed by atoms with Crippen molar-refractivity contribution < 1.29 is 22.7 Å². The topological polar surface area (TPSA) is 64.4 Å². The highest BCUT2D eigenvalue weighted by Gasteiger charge is 2.31. The van der Waals surface area contributed by atoms with Crippen molar-refractivity contribution in [3.8, 4) is 0 Å². The summed E-state index contributed by atoms with van der Waals surface area (Å²) in [5.41, 5.74) is 5.41. The van der Waals surface area contributed by atoms with Gasteiger partial charge in [0.1, 0.15) is 6.61 Å². The van der Waals surface area contributed by atoms with E-state index in [1.807, 2.05) is 0 Å². The zero-order valence-electron chi connectivity index (χ0n) is 10.3. The van der Waals surface area contributed by atoms with Crippen molar-refractivity contribution in [2.24, 2.45) is 5.73 Å². The maximum Gasteiger partial charge on any atom is 0.411 e. The second-order valence-electron chi connectivity index (χ2n) is 4.71. The number of alkyl halides is 3. The van der Waals surface area contributed by atoms with Crippen molar-refractivity contribution in [3.63, 3.8) is 0 Å². The van der Waals surface area contributed by atoms with Gasteiger partial charge >= 0.3 is 6.18 Å². The van der Waals surface area contributed by atoms with Crippen LogP contribution in [0.5, 0.6) is 0 Å². The minimum Gasteiger partial charge on any atom is -0.369 e. The molecule has 1 rings (SSSR count). The van der Waals surface area contributed by atoms with Gasteiger partial charge in [0.2, 0.25) is 5.91 Å². The second kappa shape index (κ2) is 6.38. The number of hydrogen-bond donors (Lipinski definition) is 2. The summed E-state index contributed by atoms with van der Waals surface area (Å²) in [6.07, 6.45) is -2.24. The van der Waals surface area contributed by atoms with Crippen LogP contribution in [0.25, 0.3) is 0 Å². The van der Waals surface area contributed by atoms with Gasteiger partial charge in [-0.2, -0.15) is 13.2 Å². The van der Waals surface area contributed by atoms with Crippen LogP contribution in [0.1, 0.15) is 32.6 Å². The van der Waals surface area contributed by atoms with Crippen molar-refractivity contribution >= 4 is 5.91 Å². The lowest BCUT2D eigenvalue weighted by Gasteiger charge is -2.30. The number of nitrogens with one attached hydrogen (secondary N) is 1. The molecule has 2 unspecified atom stereocenters. The second-order valence-corrected chi connectivity index (χ2v) is 4.71. The Morgan fingerprint density at radius 3 is 2.72 bits per heavy atom. The molecular formula is C11H19F3N2O2. The normalized spacial score (nSPS) is 26.7. The number of carbonyl (C=O) groups is 1. The van der Waals surface area contributed by atoms with E-state index in [0.29, 0.717) is 12.8 Å². The highest BCUT2D eigenvalue weighted by Crippen LogP contribution is 2.24. The van der Waals surface area contributed by atoms with Crippen molar-refractivity contribution in [1.82, 2.24) is 5.32 Å². The van der Waals surface area contributed by atoms with Crippen LogP contribution in [0.15, 0.2) is 0 Å². The van der Waals surface area contributed by atoms with E-state index in [1.54, 1.807) is 6.92 Å². The summed E-state index contributed by atoms with van der Waals surface area (Å²) in [7, 11) is 0. The minimum atomic E-state index is -4.30. The summed E-state index contributed by atoms with van der Waals surface area (Å²) in [6, 6.07) is -0.753. The number of ether oxygens (including phenoxy) is 1. The minimum absolute atomic E-state index is 0.143. The Balaban J connectivity index is 2.34. The lowest BCUT2D eigenvalue weighted by atomic mass is 9.92. The van der Waals surface area contributed by atoms with Gasteiger partial charge in [0.15, 0.2) is 0 Å². The van der Waals surface area contributed by atoms with E-state index >= 15 is 0 Å². The molecule has 18 heavy (non-hydrogen) atoms. The standard InChI is InChI=1S/C11H19F3N2O2/c1-7(15)10(17)16-8-3-2-4-9(5-8)18-6-11(12,13)14/h7-9H,2-6,15H2,1H3,(H,16,17)/t7-,8?,9?/m0/s1. The Hall–Kier alpha value is -0.820. The van der Waals surface area contributed by atoms with Crippen molar-refractivity contribution in [2.45, 2.75) is 57.0 Å². The Morgan fingerprint density at radius 2 is 2.17 bits per heavy atom. The number of halogens is 3. The Bertz CT molecular complexity index is 282. The number of amides is 1. The lowest BCUT2D eigenvalue weighted by molar-refractivity contribution is -0.188. The van der Waals surface area contributed by atoms with Gasteiger partial charge in [0, 0.05) is 6.04 Å². The number of rotatable bonds is 4. The van der Waals surface area contributed by atoms with Crippen LogP contribution in [0.2, 0.25) is 0 Å². The number of carbonyl (C=O) groups excluding carboxylic acids is 1. The molecular weight excluding hydrogens is 249 g/mol. The molecule has 0 radical (unpaired) electrons. The van der Waals surface area contributed by atoms with Gasteiger partial charge in [-0.1, -0.05) is 0 Å². The first kappa shape index (κ1) is 15.2.